The Bertz CT molecular complexity index is 1010. The van der Waals surface area contributed by atoms with E-state index in [1.807, 2.05) is 45.1 Å². The Morgan fingerprint density at radius 2 is 1.36 bits per heavy atom. The number of esters is 1. The van der Waals surface area contributed by atoms with Crippen LogP contribution in [0.1, 0.15) is 34.5 Å². The number of halogens is 6. The first-order chi connectivity index (χ1) is 15.9. The van der Waals surface area contributed by atoms with Crippen LogP contribution in [0.15, 0.2) is 30.3 Å². The zero-order chi connectivity index (χ0) is 27.1. The summed E-state index contributed by atoms with van der Waals surface area (Å²) in [4.78, 5) is 12.1. The smallest absolute Gasteiger partial charge is 0.0312 e. The Kier molecular flexibility index (Phi) is 11.9. The van der Waals surface area contributed by atoms with Crippen molar-refractivity contribution >= 4 is 13.8 Å². The number of carbonyl (C=O) groups excluding carboxylic acids is 1. The van der Waals surface area contributed by atoms with E-state index in [2.05, 4.69) is 0 Å². The topological polar surface area (TPSA) is 76.0 Å². The van der Waals surface area contributed by atoms with Gasteiger partial charge in [0.05, 0.1) is 25.9 Å². The van der Waals surface area contributed by atoms with Gasteiger partial charge in [0.25, 0.3) is 0 Å². The molecule has 5 radical (unpaired) electrons. The molecule has 1 saturated carbocycles. The number of methoxy groups -OCH3 is 2. The molecular weight excluding hydrogens is 602 g/mol. The van der Waals surface area contributed by atoms with Crippen LogP contribution in [0.3, 0.4) is 0 Å². The van der Waals surface area contributed by atoms with E-state index >= 15 is 0 Å². The zero-order valence-electron chi connectivity index (χ0n) is 19.5. The fourth-order valence-corrected chi connectivity index (χ4v) is 2.96. The van der Waals surface area contributed by atoms with Crippen LogP contribution < -0.4 is 4.74 Å². The van der Waals surface area contributed by atoms with Crippen molar-refractivity contribution in [3.8, 4) is 22.6 Å². The van der Waals surface area contributed by atoms with E-state index in [9.17, 15) is 40.2 Å². The molecule has 0 aromatic heterocycles. The molecule has 0 spiro atoms. The van der Waals surface area contributed by atoms with Crippen LogP contribution in [0.4, 0.5) is 25.2 Å². The van der Waals surface area contributed by atoms with Gasteiger partial charge >= 0.3 is 58.4 Å². The van der Waals surface area contributed by atoms with Gasteiger partial charge in [0.15, 0.2) is 11.5 Å². The molecule has 0 saturated heterocycles. The van der Waals surface area contributed by atoms with Crippen molar-refractivity contribution in [1.82, 2.24) is 0 Å². The van der Waals surface area contributed by atoms with Gasteiger partial charge in [-0.15, -0.1) is 0 Å². The number of hydrogen-bond acceptors (Lipinski definition) is 5. The van der Waals surface area contributed by atoms with E-state index < -0.39 is 19.9 Å². The summed E-state index contributed by atoms with van der Waals surface area (Å²) in [7, 11) is -7.91. The number of benzene rings is 2. The van der Waals surface area contributed by atoms with E-state index in [-0.39, 0.29) is 31.0 Å². The summed E-state index contributed by atoms with van der Waals surface area (Å²) in [6.07, 6.45) is 9.17. The predicted octanol–water partition coefficient (Wildman–Crippen LogP) is 7.62. The molecule has 0 heterocycles. The van der Waals surface area contributed by atoms with Gasteiger partial charge in [-0.25, -0.2) is 4.79 Å². The van der Waals surface area contributed by atoms with Crippen LogP contribution >= 0.6 is 7.81 Å². The molecular formula is C23H25F6O5PRu+. The van der Waals surface area contributed by atoms with Crippen molar-refractivity contribution in [2.24, 2.45) is 0 Å². The molecule has 0 bridgehead atoms. The van der Waals surface area contributed by atoms with Crippen molar-refractivity contribution in [2.75, 3.05) is 14.2 Å². The van der Waals surface area contributed by atoms with E-state index in [4.69, 9.17) is 9.47 Å². The molecule has 2 aromatic carbocycles. The summed E-state index contributed by atoms with van der Waals surface area (Å²) in [6.45, 7) is 3.42. The van der Waals surface area contributed by atoms with Gasteiger partial charge in [-0.2, -0.15) is 0 Å². The predicted molar refractivity (Wildman–Crippen MR) is 122 cm³/mol. The summed E-state index contributed by atoms with van der Waals surface area (Å²) in [5.41, 5.74) is 2.49. The monoisotopic (exact) mass is 628 g/mol. The minimum absolute atomic E-state index is 0. The largest absolute Gasteiger partial charge is 2.00 e. The molecule has 5 nitrogen and oxygen atoms in total. The van der Waals surface area contributed by atoms with Crippen molar-refractivity contribution in [1.29, 1.82) is 0 Å². The van der Waals surface area contributed by atoms with Crippen LogP contribution in [-0.2, 0) is 24.2 Å². The maximum Gasteiger partial charge on any atom is 2.00 e. The number of aliphatic hydroxyl groups is 1. The third kappa shape index (κ3) is 12.4. The van der Waals surface area contributed by atoms with E-state index in [1.54, 1.807) is 31.2 Å². The molecule has 0 amide bonds. The summed E-state index contributed by atoms with van der Waals surface area (Å²) in [6, 6.07) is 8.44. The van der Waals surface area contributed by atoms with E-state index in [0.29, 0.717) is 22.3 Å². The second-order valence-corrected chi connectivity index (χ2v) is 9.08. The molecule has 1 aliphatic carbocycles. The standard InChI is InChI=1S/C18H20O5.C5H5.F6P.Ru/c1-10-6-5-7-13(18(21)23-4)15(10)16-12(11(2)19)8-9-14(22-3)17(16)20;1-2-4-5-3-1;1-7(2,3,4,5)6;/h5-9,11,19-20H,1-4H3;1-5H;;/q;;-1;+2/t11-;;;/m1.../s1. The van der Waals surface area contributed by atoms with Crippen LogP contribution in [0, 0.1) is 39.0 Å². The number of aryl methyl sites for hydroxylation is 1. The van der Waals surface area contributed by atoms with Crippen molar-refractivity contribution in [3.63, 3.8) is 0 Å². The summed E-state index contributed by atoms with van der Waals surface area (Å²) < 4.78 is 69.2. The van der Waals surface area contributed by atoms with Gasteiger partial charge in [-0.3, -0.25) is 0 Å². The Morgan fingerprint density at radius 3 is 1.75 bits per heavy atom. The van der Waals surface area contributed by atoms with Crippen LogP contribution in [0.2, 0.25) is 0 Å². The molecule has 0 unspecified atom stereocenters. The van der Waals surface area contributed by atoms with Gasteiger partial charge in [-0.05, 0) is 69.2 Å². The van der Waals surface area contributed by atoms with Crippen molar-refractivity contribution in [2.45, 2.75) is 20.0 Å². The number of phenols is 1. The van der Waals surface area contributed by atoms with Crippen LogP contribution in [-0.4, -0.2) is 30.4 Å². The average molecular weight is 627 g/mol. The van der Waals surface area contributed by atoms with E-state index in [1.165, 1.54) is 14.2 Å². The number of carbonyl (C=O) groups is 1. The second-order valence-electron chi connectivity index (χ2n) is 7.17. The number of aromatic hydroxyl groups is 1. The quantitative estimate of drug-likeness (QED) is 0.158. The average Bonchev–Trinajstić information content (AvgIpc) is 3.31. The molecule has 36 heavy (non-hydrogen) atoms. The number of aliphatic hydroxyl groups excluding tert-OH is 1. The number of phenolic OH excluding ortho intramolecular Hbond substituents is 1. The van der Waals surface area contributed by atoms with Crippen LogP contribution in [0.5, 0.6) is 11.5 Å². The van der Waals surface area contributed by atoms with Crippen molar-refractivity contribution in [3.05, 3.63) is 79.1 Å². The maximum absolute atomic E-state index is 12.1. The number of ether oxygens (including phenoxy) is 2. The molecule has 3 rings (SSSR count). The first kappa shape index (κ1) is 34.1. The SMILES string of the molecule is COC(=O)c1cccc(C)c1-c1c([C@@H](C)O)ccc(OC)c1O.F[P-](F)(F)(F)(F)F.[CH]1[CH][CH][CH][CH]1.[Ru+2]. The van der Waals surface area contributed by atoms with Gasteiger partial charge in [0.1, 0.15) is 0 Å². The number of hydrogen-bond donors (Lipinski definition) is 2. The Labute approximate surface area is 218 Å². The molecule has 1 atom stereocenters. The maximum atomic E-state index is 12.1. The van der Waals surface area contributed by atoms with Crippen LogP contribution in [0.25, 0.3) is 11.1 Å². The molecule has 1 aliphatic rings. The third-order valence-corrected chi connectivity index (χ3v) is 4.33. The Morgan fingerprint density at radius 1 is 0.889 bits per heavy atom. The first-order valence-corrected chi connectivity index (χ1v) is 11.9. The van der Waals surface area contributed by atoms with Gasteiger partial charge in [0.2, 0.25) is 0 Å². The molecule has 201 valence electrons. The summed E-state index contributed by atoms with van der Waals surface area (Å²) >= 11 is 0. The second kappa shape index (κ2) is 12.6. The molecule has 0 aliphatic heterocycles. The Hall–Kier alpha value is -1.90. The van der Waals surface area contributed by atoms with Gasteiger partial charge in [0, 0.05) is 11.1 Å². The molecule has 13 heteroatoms. The molecule has 1 fully saturated rings. The normalized spacial score (nSPS) is 15.4. The third-order valence-electron chi connectivity index (χ3n) is 4.33. The fourth-order valence-electron chi connectivity index (χ4n) is 2.96. The van der Waals surface area contributed by atoms with Crippen molar-refractivity contribution < 1.29 is 69.1 Å². The minimum atomic E-state index is -10.7. The minimum Gasteiger partial charge on any atom is -0.0312 e. The van der Waals surface area contributed by atoms with Gasteiger partial charge in [-0.1, -0.05) is 18.2 Å². The zero-order valence-corrected chi connectivity index (χ0v) is 22.2. The van der Waals surface area contributed by atoms with E-state index in [0.717, 1.165) is 5.56 Å². The Balaban J connectivity index is 0.000000775. The summed E-state index contributed by atoms with van der Waals surface area (Å²) in [5.74, 6) is -0.365. The molecule has 2 N–H and O–H groups in total. The number of rotatable bonds is 4. The van der Waals surface area contributed by atoms with Gasteiger partial charge < -0.3 is 19.7 Å². The summed E-state index contributed by atoms with van der Waals surface area (Å²) in [5, 5.41) is 20.7. The first-order valence-electron chi connectivity index (χ1n) is 9.86. The fraction of sp³-hybridized carbons (Fsp3) is 0.217. The molecule has 2 aromatic rings.